The second-order valence-corrected chi connectivity index (χ2v) is 5.99. The molecule has 0 radical (unpaired) electrons. The highest BCUT2D eigenvalue weighted by Gasteiger charge is 2.14. The first-order valence-corrected chi connectivity index (χ1v) is 8.23. The summed E-state index contributed by atoms with van der Waals surface area (Å²) in [7, 11) is 0. The van der Waals surface area contributed by atoms with E-state index in [9.17, 15) is 4.79 Å². The Labute approximate surface area is 147 Å². The molecule has 0 aromatic heterocycles. The molecule has 0 unspecified atom stereocenters. The average Bonchev–Trinajstić information content (AvgIpc) is 3.07. The van der Waals surface area contributed by atoms with E-state index in [-0.39, 0.29) is 18.9 Å². The van der Waals surface area contributed by atoms with Crippen LogP contribution in [0.4, 0.5) is 4.79 Å². The summed E-state index contributed by atoms with van der Waals surface area (Å²) < 4.78 is 16.3. The molecule has 0 aliphatic carbocycles. The molecule has 1 heterocycles. The Kier molecular flexibility index (Phi) is 5.28. The molecular weight excluding hydrogens is 320 g/mol. The number of amides is 2. The summed E-state index contributed by atoms with van der Waals surface area (Å²) in [5.74, 6) is 2.27. The van der Waals surface area contributed by atoms with Crippen molar-refractivity contribution in [3.63, 3.8) is 0 Å². The van der Waals surface area contributed by atoms with Crippen molar-refractivity contribution in [1.82, 2.24) is 10.6 Å². The van der Waals surface area contributed by atoms with Crippen LogP contribution in [0.15, 0.2) is 42.5 Å². The van der Waals surface area contributed by atoms with Crippen molar-refractivity contribution in [2.75, 3.05) is 13.4 Å². The van der Waals surface area contributed by atoms with Crippen LogP contribution < -0.4 is 24.8 Å². The van der Waals surface area contributed by atoms with Crippen LogP contribution in [-0.2, 0) is 6.54 Å². The van der Waals surface area contributed by atoms with E-state index in [1.807, 2.05) is 56.3 Å². The number of benzene rings is 2. The molecule has 2 aromatic carbocycles. The molecule has 3 rings (SSSR count). The molecule has 0 fully saturated rings. The Morgan fingerprint density at radius 1 is 1.20 bits per heavy atom. The molecule has 0 saturated carbocycles. The Morgan fingerprint density at radius 3 is 2.84 bits per heavy atom. The lowest BCUT2D eigenvalue weighted by molar-refractivity contribution is 0.174. The third-order valence-corrected chi connectivity index (χ3v) is 3.85. The summed E-state index contributed by atoms with van der Waals surface area (Å²) in [6.07, 6.45) is 0. The van der Waals surface area contributed by atoms with Gasteiger partial charge in [-0.25, -0.2) is 4.79 Å². The van der Waals surface area contributed by atoms with Gasteiger partial charge in [0.05, 0.1) is 6.04 Å². The SMILES string of the molecule is Cc1ccccc1OC[C@@H](C)NC(=O)NCc1ccc2c(c1)OCO2. The molecule has 1 atom stereocenters. The lowest BCUT2D eigenvalue weighted by atomic mass is 10.2. The van der Waals surface area contributed by atoms with Gasteiger partial charge < -0.3 is 24.8 Å². The Bertz CT molecular complexity index is 748. The molecule has 0 bridgehead atoms. The highest BCUT2D eigenvalue weighted by atomic mass is 16.7. The van der Waals surface area contributed by atoms with Crippen LogP contribution in [0.25, 0.3) is 0 Å². The fraction of sp³-hybridized carbons (Fsp3) is 0.316. The molecule has 2 amide bonds. The van der Waals surface area contributed by atoms with E-state index in [1.165, 1.54) is 0 Å². The second kappa shape index (κ2) is 7.79. The van der Waals surface area contributed by atoms with Crippen molar-refractivity contribution >= 4 is 6.03 Å². The highest BCUT2D eigenvalue weighted by molar-refractivity contribution is 5.74. The van der Waals surface area contributed by atoms with E-state index < -0.39 is 0 Å². The van der Waals surface area contributed by atoms with Crippen molar-refractivity contribution in [3.05, 3.63) is 53.6 Å². The average molecular weight is 342 g/mol. The monoisotopic (exact) mass is 342 g/mol. The van der Waals surface area contributed by atoms with Gasteiger partial charge in [-0.2, -0.15) is 0 Å². The smallest absolute Gasteiger partial charge is 0.315 e. The molecule has 0 spiro atoms. The number of rotatable bonds is 6. The van der Waals surface area contributed by atoms with Gasteiger partial charge in [0.15, 0.2) is 11.5 Å². The quantitative estimate of drug-likeness (QED) is 0.847. The molecule has 25 heavy (non-hydrogen) atoms. The zero-order chi connectivity index (χ0) is 17.6. The Balaban J connectivity index is 1.42. The number of urea groups is 1. The third-order valence-electron chi connectivity index (χ3n) is 3.85. The van der Waals surface area contributed by atoms with Gasteiger partial charge in [-0.3, -0.25) is 0 Å². The number of aryl methyl sites for hydroxylation is 1. The molecule has 2 N–H and O–H groups in total. The maximum Gasteiger partial charge on any atom is 0.315 e. The maximum atomic E-state index is 12.0. The molecule has 2 aromatic rings. The summed E-state index contributed by atoms with van der Waals surface area (Å²) in [5, 5.41) is 5.69. The first kappa shape index (κ1) is 17.0. The maximum absolute atomic E-state index is 12.0. The largest absolute Gasteiger partial charge is 0.491 e. The first-order valence-electron chi connectivity index (χ1n) is 8.23. The number of ether oxygens (including phenoxy) is 3. The molecular formula is C19H22N2O4. The van der Waals surface area contributed by atoms with Gasteiger partial charge in [0.1, 0.15) is 12.4 Å². The van der Waals surface area contributed by atoms with Gasteiger partial charge >= 0.3 is 6.03 Å². The Morgan fingerprint density at radius 2 is 2.00 bits per heavy atom. The number of hydrogen-bond acceptors (Lipinski definition) is 4. The fourth-order valence-electron chi connectivity index (χ4n) is 2.48. The minimum atomic E-state index is -0.237. The van der Waals surface area contributed by atoms with Crippen LogP contribution in [0.3, 0.4) is 0 Å². The number of nitrogens with one attached hydrogen (secondary N) is 2. The van der Waals surface area contributed by atoms with Crippen molar-refractivity contribution in [2.45, 2.75) is 26.4 Å². The zero-order valence-corrected chi connectivity index (χ0v) is 14.4. The predicted octanol–water partition coefficient (Wildman–Crippen LogP) is 2.99. The fourth-order valence-corrected chi connectivity index (χ4v) is 2.48. The van der Waals surface area contributed by atoms with Gasteiger partial charge in [-0.1, -0.05) is 24.3 Å². The summed E-state index contributed by atoms with van der Waals surface area (Å²) in [6.45, 7) is 4.95. The van der Waals surface area contributed by atoms with Crippen molar-refractivity contribution < 1.29 is 19.0 Å². The van der Waals surface area contributed by atoms with Crippen LogP contribution in [-0.4, -0.2) is 25.5 Å². The molecule has 0 saturated heterocycles. The third kappa shape index (κ3) is 4.56. The first-order chi connectivity index (χ1) is 12.1. The molecule has 1 aliphatic rings. The van der Waals surface area contributed by atoms with Crippen LogP contribution in [0.2, 0.25) is 0 Å². The topological polar surface area (TPSA) is 68.8 Å². The van der Waals surface area contributed by atoms with Crippen LogP contribution >= 0.6 is 0 Å². The minimum Gasteiger partial charge on any atom is -0.491 e. The van der Waals surface area contributed by atoms with Gasteiger partial charge in [-0.15, -0.1) is 0 Å². The number of hydrogen-bond donors (Lipinski definition) is 2. The highest BCUT2D eigenvalue weighted by Crippen LogP contribution is 2.32. The molecule has 6 nitrogen and oxygen atoms in total. The van der Waals surface area contributed by atoms with E-state index in [2.05, 4.69) is 10.6 Å². The normalized spacial score (nSPS) is 13.2. The van der Waals surface area contributed by atoms with E-state index in [1.54, 1.807) is 0 Å². The molecule has 6 heteroatoms. The standard InChI is InChI=1S/C19H22N2O4/c1-13-5-3-4-6-16(13)23-11-14(2)21-19(22)20-10-15-7-8-17-18(9-15)25-12-24-17/h3-9,14H,10-12H2,1-2H3,(H2,20,21,22)/t14-/m1/s1. The van der Waals surface area contributed by atoms with Gasteiger partial charge in [0.2, 0.25) is 6.79 Å². The lowest BCUT2D eigenvalue weighted by Gasteiger charge is -2.16. The lowest BCUT2D eigenvalue weighted by Crippen LogP contribution is -2.43. The molecule has 132 valence electrons. The minimum absolute atomic E-state index is 0.114. The van der Waals surface area contributed by atoms with Crippen LogP contribution in [0.1, 0.15) is 18.1 Å². The zero-order valence-electron chi connectivity index (χ0n) is 14.4. The van der Waals surface area contributed by atoms with E-state index in [4.69, 9.17) is 14.2 Å². The number of carbonyl (C=O) groups is 1. The van der Waals surface area contributed by atoms with Gasteiger partial charge in [0.25, 0.3) is 0 Å². The predicted molar refractivity (Wildman–Crippen MR) is 94.1 cm³/mol. The van der Waals surface area contributed by atoms with E-state index in [0.717, 1.165) is 22.6 Å². The number of fused-ring (bicyclic) bond motifs is 1. The van der Waals surface area contributed by atoms with Crippen LogP contribution in [0, 0.1) is 6.92 Å². The summed E-state index contributed by atoms with van der Waals surface area (Å²) in [4.78, 5) is 12.0. The van der Waals surface area contributed by atoms with Crippen molar-refractivity contribution in [2.24, 2.45) is 0 Å². The van der Waals surface area contributed by atoms with Crippen LogP contribution in [0.5, 0.6) is 17.2 Å². The van der Waals surface area contributed by atoms with E-state index >= 15 is 0 Å². The van der Waals surface area contributed by atoms with E-state index in [0.29, 0.717) is 18.9 Å². The van der Waals surface area contributed by atoms with Gasteiger partial charge in [-0.05, 0) is 43.2 Å². The summed E-state index contributed by atoms with van der Waals surface area (Å²) in [6, 6.07) is 13.1. The van der Waals surface area contributed by atoms with Crippen molar-refractivity contribution in [3.8, 4) is 17.2 Å². The number of para-hydroxylation sites is 1. The summed E-state index contributed by atoms with van der Waals surface area (Å²) in [5.41, 5.74) is 2.02. The van der Waals surface area contributed by atoms with Gasteiger partial charge in [0, 0.05) is 6.54 Å². The molecule has 1 aliphatic heterocycles. The second-order valence-electron chi connectivity index (χ2n) is 5.99. The number of carbonyl (C=O) groups excluding carboxylic acids is 1. The summed E-state index contributed by atoms with van der Waals surface area (Å²) >= 11 is 0. The van der Waals surface area contributed by atoms with Crippen molar-refractivity contribution in [1.29, 1.82) is 0 Å². The Hall–Kier alpha value is -2.89.